The van der Waals surface area contributed by atoms with Crippen molar-refractivity contribution < 1.29 is 4.74 Å². The van der Waals surface area contributed by atoms with E-state index in [1.807, 2.05) is 0 Å². The molecule has 3 unspecified atom stereocenters. The van der Waals surface area contributed by atoms with Crippen molar-refractivity contribution in [3.8, 4) is 0 Å². The summed E-state index contributed by atoms with van der Waals surface area (Å²) in [7, 11) is 1.78. The SMILES string of the molecule is COCCCNC1CC2CCC1(C)C2(C)C. The minimum atomic E-state index is 0.519. The highest BCUT2D eigenvalue weighted by atomic mass is 16.5. The smallest absolute Gasteiger partial charge is 0.0474 e. The number of hydrogen-bond donors (Lipinski definition) is 1. The summed E-state index contributed by atoms with van der Waals surface area (Å²) in [5, 5.41) is 3.76. The van der Waals surface area contributed by atoms with E-state index < -0.39 is 0 Å². The molecule has 0 radical (unpaired) electrons. The largest absolute Gasteiger partial charge is 0.385 e. The van der Waals surface area contributed by atoms with Gasteiger partial charge in [-0.2, -0.15) is 0 Å². The fraction of sp³-hybridized carbons (Fsp3) is 1.00. The Balaban J connectivity index is 1.89. The van der Waals surface area contributed by atoms with E-state index in [1.54, 1.807) is 7.11 Å². The van der Waals surface area contributed by atoms with E-state index in [9.17, 15) is 0 Å². The Kier molecular flexibility index (Phi) is 3.33. The molecule has 2 heteroatoms. The maximum absolute atomic E-state index is 5.09. The molecule has 2 bridgehead atoms. The summed E-state index contributed by atoms with van der Waals surface area (Å²) in [4.78, 5) is 0. The van der Waals surface area contributed by atoms with Crippen LogP contribution in [0.1, 0.15) is 46.5 Å². The molecular weight excluding hydrogens is 198 g/mol. The van der Waals surface area contributed by atoms with Crippen LogP contribution in [0.5, 0.6) is 0 Å². The van der Waals surface area contributed by atoms with E-state index in [0.717, 1.165) is 31.5 Å². The second kappa shape index (κ2) is 4.30. The van der Waals surface area contributed by atoms with Crippen LogP contribution in [-0.4, -0.2) is 26.3 Å². The Morgan fingerprint density at radius 1 is 1.31 bits per heavy atom. The van der Waals surface area contributed by atoms with Crippen molar-refractivity contribution >= 4 is 0 Å². The summed E-state index contributed by atoms with van der Waals surface area (Å²) in [6.45, 7) is 9.43. The molecule has 0 aromatic rings. The van der Waals surface area contributed by atoms with Crippen LogP contribution in [0.15, 0.2) is 0 Å². The summed E-state index contributed by atoms with van der Waals surface area (Å²) in [6, 6.07) is 0.734. The van der Waals surface area contributed by atoms with Crippen molar-refractivity contribution in [2.45, 2.75) is 52.5 Å². The molecule has 2 fully saturated rings. The molecule has 0 amide bonds. The number of nitrogens with one attached hydrogen (secondary N) is 1. The molecule has 0 heterocycles. The van der Waals surface area contributed by atoms with Crippen molar-refractivity contribution in [1.29, 1.82) is 0 Å². The van der Waals surface area contributed by atoms with E-state index in [0.29, 0.717) is 10.8 Å². The highest BCUT2D eigenvalue weighted by Gasteiger charge is 2.60. The first-order valence-corrected chi connectivity index (χ1v) is 6.74. The highest BCUT2D eigenvalue weighted by Crippen LogP contribution is 2.65. The zero-order valence-electron chi connectivity index (χ0n) is 11.3. The zero-order valence-corrected chi connectivity index (χ0v) is 11.3. The Labute approximate surface area is 100 Å². The maximum atomic E-state index is 5.09. The molecule has 0 saturated heterocycles. The highest BCUT2D eigenvalue weighted by molar-refractivity contribution is 5.12. The van der Waals surface area contributed by atoms with Gasteiger partial charge in [0.25, 0.3) is 0 Å². The van der Waals surface area contributed by atoms with Gasteiger partial charge in [0.15, 0.2) is 0 Å². The van der Waals surface area contributed by atoms with Crippen molar-refractivity contribution in [3.63, 3.8) is 0 Å². The first-order chi connectivity index (χ1) is 7.52. The van der Waals surface area contributed by atoms with Gasteiger partial charge in [-0.1, -0.05) is 20.8 Å². The maximum Gasteiger partial charge on any atom is 0.0474 e. The van der Waals surface area contributed by atoms with Gasteiger partial charge >= 0.3 is 0 Å². The van der Waals surface area contributed by atoms with Crippen molar-refractivity contribution in [3.05, 3.63) is 0 Å². The fourth-order valence-electron chi connectivity index (χ4n) is 4.01. The molecule has 2 saturated carbocycles. The van der Waals surface area contributed by atoms with Crippen LogP contribution in [0, 0.1) is 16.7 Å². The molecule has 2 nitrogen and oxygen atoms in total. The Hall–Kier alpha value is -0.0800. The third-order valence-corrected chi connectivity index (χ3v) is 5.71. The number of ether oxygens (including phenoxy) is 1. The summed E-state index contributed by atoms with van der Waals surface area (Å²) in [5.74, 6) is 0.942. The normalized spacial score (nSPS) is 40.5. The first-order valence-electron chi connectivity index (χ1n) is 6.74. The molecule has 0 aliphatic heterocycles. The van der Waals surface area contributed by atoms with Crippen LogP contribution < -0.4 is 5.32 Å². The lowest BCUT2D eigenvalue weighted by Crippen LogP contribution is -2.44. The predicted octanol–water partition coefficient (Wildman–Crippen LogP) is 2.83. The van der Waals surface area contributed by atoms with Crippen LogP contribution in [0.3, 0.4) is 0 Å². The Morgan fingerprint density at radius 2 is 2.06 bits per heavy atom. The third-order valence-electron chi connectivity index (χ3n) is 5.71. The van der Waals surface area contributed by atoms with Gasteiger partial charge in [0.2, 0.25) is 0 Å². The summed E-state index contributed by atoms with van der Waals surface area (Å²) in [5.41, 5.74) is 1.05. The van der Waals surface area contributed by atoms with E-state index >= 15 is 0 Å². The minimum Gasteiger partial charge on any atom is -0.385 e. The molecule has 2 rings (SSSR count). The van der Waals surface area contributed by atoms with Gasteiger partial charge in [-0.3, -0.25) is 0 Å². The number of hydrogen-bond acceptors (Lipinski definition) is 2. The molecular formula is C14H27NO. The van der Waals surface area contributed by atoms with Crippen LogP contribution in [-0.2, 0) is 4.74 Å². The first kappa shape index (κ1) is 12.4. The number of rotatable bonds is 5. The van der Waals surface area contributed by atoms with Crippen LogP contribution >= 0.6 is 0 Å². The average molecular weight is 225 g/mol. The third kappa shape index (κ3) is 1.70. The quantitative estimate of drug-likeness (QED) is 0.726. The van der Waals surface area contributed by atoms with Gasteiger partial charge in [0.1, 0.15) is 0 Å². The van der Waals surface area contributed by atoms with Gasteiger partial charge in [0, 0.05) is 19.8 Å². The molecule has 94 valence electrons. The molecule has 2 aliphatic carbocycles. The zero-order chi connectivity index (χ0) is 11.8. The van der Waals surface area contributed by atoms with Crippen LogP contribution in [0.25, 0.3) is 0 Å². The molecule has 16 heavy (non-hydrogen) atoms. The van der Waals surface area contributed by atoms with Crippen LogP contribution in [0.2, 0.25) is 0 Å². The number of fused-ring (bicyclic) bond motifs is 2. The van der Waals surface area contributed by atoms with Crippen molar-refractivity contribution in [1.82, 2.24) is 5.32 Å². The van der Waals surface area contributed by atoms with E-state index in [4.69, 9.17) is 4.74 Å². The van der Waals surface area contributed by atoms with Gasteiger partial charge in [0.05, 0.1) is 0 Å². The van der Waals surface area contributed by atoms with Crippen molar-refractivity contribution in [2.75, 3.05) is 20.3 Å². The fourth-order valence-corrected chi connectivity index (χ4v) is 4.01. The van der Waals surface area contributed by atoms with E-state index in [-0.39, 0.29) is 0 Å². The summed E-state index contributed by atoms with van der Waals surface area (Å²) >= 11 is 0. The molecule has 3 atom stereocenters. The summed E-state index contributed by atoms with van der Waals surface area (Å²) < 4.78 is 5.09. The molecule has 0 aromatic carbocycles. The molecule has 1 N–H and O–H groups in total. The van der Waals surface area contributed by atoms with Crippen LogP contribution in [0.4, 0.5) is 0 Å². The Bertz CT molecular complexity index is 251. The second-order valence-electron chi connectivity index (χ2n) is 6.46. The standard InChI is InChI=1S/C14H27NO/c1-13(2)11-6-7-14(13,3)12(10-11)15-8-5-9-16-4/h11-12,15H,5-10H2,1-4H3. The van der Waals surface area contributed by atoms with Gasteiger partial charge in [-0.15, -0.1) is 0 Å². The Morgan fingerprint density at radius 3 is 2.56 bits per heavy atom. The lowest BCUT2D eigenvalue weighted by Gasteiger charge is -2.39. The van der Waals surface area contributed by atoms with E-state index in [2.05, 4.69) is 26.1 Å². The minimum absolute atomic E-state index is 0.519. The van der Waals surface area contributed by atoms with Crippen molar-refractivity contribution in [2.24, 2.45) is 16.7 Å². The topological polar surface area (TPSA) is 21.3 Å². The average Bonchev–Trinajstić information content (AvgIpc) is 2.57. The number of methoxy groups -OCH3 is 1. The van der Waals surface area contributed by atoms with Gasteiger partial charge < -0.3 is 10.1 Å². The molecule has 2 aliphatic rings. The van der Waals surface area contributed by atoms with Gasteiger partial charge in [-0.25, -0.2) is 0 Å². The van der Waals surface area contributed by atoms with E-state index in [1.165, 1.54) is 19.3 Å². The monoisotopic (exact) mass is 225 g/mol. The summed E-state index contributed by atoms with van der Waals surface area (Å²) in [6.07, 6.45) is 5.37. The lowest BCUT2D eigenvalue weighted by molar-refractivity contribution is 0.119. The van der Waals surface area contributed by atoms with Gasteiger partial charge in [-0.05, 0) is 49.0 Å². The molecule has 0 aromatic heterocycles. The second-order valence-corrected chi connectivity index (χ2v) is 6.46. The predicted molar refractivity (Wildman–Crippen MR) is 67.5 cm³/mol. The lowest BCUT2D eigenvalue weighted by atomic mass is 9.69. The molecule has 0 spiro atoms.